The normalized spacial score (nSPS) is 16.0. The molecule has 0 aliphatic heterocycles. The van der Waals surface area contributed by atoms with Crippen LogP contribution in [0.3, 0.4) is 0 Å². The van der Waals surface area contributed by atoms with Crippen molar-refractivity contribution in [2.45, 2.75) is 25.4 Å². The molecule has 0 aromatic heterocycles. The second kappa shape index (κ2) is 6.72. The average molecular weight is 376 g/mol. The SMILES string of the molecule is CC(C)(O)c1c(C2C(c3ccccc3)=Cc3ccccc32)ccc2ccccc12. The molecule has 4 aromatic carbocycles. The first-order chi connectivity index (χ1) is 14.0. The summed E-state index contributed by atoms with van der Waals surface area (Å²) in [6.07, 6.45) is 2.30. The van der Waals surface area contributed by atoms with E-state index in [2.05, 4.69) is 97.1 Å². The van der Waals surface area contributed by atoms with Crippen molar-refractivity contribution in [2.75, 3.05) is 0 Å². The van der Waals surface area contributed by atoms with Gasteiger partial charge in [-0.25, -0.2) is 0 Å². The minimum atomic E-state index is -0.949. The molecule has 1 nitrogen and oxygen atoms in total. The van der Waals surface area contributed by atoms with Gasteiger partial charge >= 0.3 is 0 Å². The maximum absolute atomic E-state index is 11.2. The van der Waals surface area contributed by atoms with Crippen molar-refractivity contribution >= 4 is 22.4 Å². The average Bonchev–Trinajstić information content (AvgIpc) is 3.12. The number of fused-ring (bicyclic) bond motifs is 2. The Labute approximate surface area is 172 Å². The van der Waals surface area contributed by atoms with Crippen LogP contribution < -0.4 is 0 Å². The predicted molar refractivity (Wildman–Crippen MR) is 122 cm³/mol. The Hall–Kier alpha value is -3.16. The summed E-state index contributed by atoms with van der Waals surface area (Å²) in [4.78, 5) is 0. The molecule has 1 aliphatic rings. The van der Waals surface area contributed by atoms with Crippen molar-refractivity contribution in [1.29, 1.82) is 0 Å². The fraction of sp³-hybridized carbons (Fsp3) is 0.143. The van der Waals surface area contributed by atoms with Gasteiger partial charge < -0.3 is 5.11 Å². The zero-order valence-corrected chi connectivity index (χ0v) is 16.8. The highest BCUT2D eigenvalue weighted by Gasteiger charge is 2.33. The number of benzene rings is 4. The topological polar surface area (TPSA) is 20.2 Å². The molecule has 29 heavy (non-hydrogen) atoms. The van der Waals surface area contributed by atoms with E-state index in [0.717, 1.165) is 16.3 Å². The van der Waals surface area contributed by atoms with Gasteiger partial charge in [0.2, 0.25) is 0 Å². The molecule has 1 aliphatic carbocycles. The molecule has 1 atom stereocenters. The second-order valence-electron chi connectivity index (χ2n) is 8.34. The lowest BCUT2D eigenvalue weighted by Gasteiger charge is -2.29. The van der Waals surface area contributed by atoms with E-state index in [1.54, 1.807) is 0 Å². The third-order valence-electron chi connectivity index (χ3n) is 5.92. The van der Waals surface area contributed by atoms with E-state index in [0.29, 0.717) is 0 Å². The summed E-state index contributed by atoms with van der Waals surface area (Å²) in [5.41, 5.74) is 6.31. The lowest BCUT2D eigenvalue weighted by molar-refractivity contribution is 0.0792. The van der Waals surface area contributed by atoms with Crippen LogP contribution in [0.1, 0.15) is 47.6 Å². The van der Waals surface area contributed by atoms with Crippen molar-refractivity contribution < 1.29 is 5.11 Å². The van der Waals surface area contributed by atoms with Crippen LogP contribution >= 0.6 is 0 Å². The van der Waals surface area contributed by atoms with E-state index in [9.17, 15) is 5.11 Å². The Morgan fingerprint density at radius 1 is 0.690 bits per heavy atom. The van der Waals surface area contributed by atoms with Crippen molar-refractivity contribution in [1.82, 2.24) is 0 Å². The summed E-state index contributed by atoms with van der Waals surface area (Å²) in [7, 11) is 0. The van der Waals surface area contributed by atoms with Crippen molar-refractivity contribution in [3.63, 3.8) is 0 Å². The van der Waals surface area contributed by atoms with Crippen LogP contribution in [0, 0.1) is 0 Å². The molecule has 4 aromatic rings. The number of allylic oxidation sites excluding steroid dienone is 1. The Morgan fingerprint density at radius 2 is 1.38 bits per heavy atom. The van der Waals surface area contributed by atoms with Gasteiger partial charge in [-0.3, -0.25) is 0 Å². The Morgan fingerprint density at radius 3 is 2.17 bits per heavy atom. The molecule has 0 saturated carbocycles. The number of hydrogen-bond donors (Lipinski definition) is 1. The van der Waals surface area contributed by atoms with Gasteiger partial charge in [0.05, 0.1) is 5.60 Å². The molecule has 142 valence electrons. The molecular weight excluding hydrogens is 352 g/mol. The quantitative estimate of drug-likeness (QED) is 0.419. The summed E-state index contributed by atoms with van der Waals surface area (Å²) in [6.45, 7) is 3.79. The third kappa shape index (κ3) is 2.99. The van der Waals surface area contributed by atoms with Gasteiger partial charge in [0.1, 0.15) is 0 Å². The molecule has 0 amide bonds. The second-order valence-corrected chi connectivity index (χ2v) is 8.34. The van der Waals surface area contributed by atoms with E-state index in [1.807, 2.05) is 13.8 Å². The van der Waals surface area contributed by atoms with Gasteiger partial charge in [-0.2, -0.15) is 0 Å². The van der Waals surface area contributed by atoms with Crippen molar-refractivity contribution in [3.8, 4) is 0 Å². The minimum Gasteiger partial charge on any atom is -0.386 e. The molecule has 0 fully saturated rings. The Bertz CT molecular complexity index is 1230. The van der Waals surface area contributed by atoms with Crippen LogP contribution in [0.25, 0.3) is 22.4 Å². The maximum Gasteiger partial charge on any atom is 0.0849 e. The molecule has 0 saturated heterocycles. The summed E-state index contributed by atoms with van der Waals surface area (Å²) in [6, 6.07) is 31.9. The van der Waals surface area contributed by atoms with Gasteiger partial charge in [-0.1, -0.05) is 91.0 Å². The highest BCUT2D eigenvalue weighted by Crippen LogP contribution is 2.49. The van der Waals surface area contributed by atoms with Crippen LogP contribution in [0.5, 0.6) is 0 Å². The van der Waals surface area contributed by atoms with Crippen LogP contribution in [0.2, 0.25) is 0 Å². The lowest BCUT2D eigenvalue weighted by Crippen LogP contribution is -2.20. The lowest BCUT2D eigenvalue weighted by atomic mass is 9.78. The van der Waals surface area contributed by atoms with E-state index in [1.165, 1.54) is 27.8 Å². The molecule has 0 bridgehead atoms. The highest BCUT2D eigenvalue weighted by atomic mass is 16.3. The number of hydrogen-bond acceptors (Lipinski definition) is 1. The molecule has 5 rings (SSSR count). The maximum atomic E-state index is 11.2. The molecule has 0 spiro atoms. The first-order valence-electron chi connectivity index (χ1n) is 10.1. The summed E-state index contributed by atoms with van der Waals surface area (Å²) >= 11 is 0. The standard InChI is InChI=1S/C28H24O/c1-28(2,29)27-23-15-9-6-12-20(23)16-17-24(27)26-22-14-8-7-13-21(22)18-25(26)19-10-4-3-5-11-19/h3-18,26,29H,1-2H3. The molecule has 0 heterocycles. The fourth-order valence-electron chi connectivity index (χ4n) is 4.75. The van der Waals surface area contributed by atoms with Gasteiger partial charge in [0, 0.05) is 5.92 Å². The summed E-state index contributed by atoms with van der Waals surface area (Å²) in [5, 5.41) is 13.5. The van der Waals surface area contributed by atoms with Crippen LogP contribution in [0.4, 0.5) is 0 Å². The van der Waals surface area contributed by atoms with E-state index in [4.69, 9.17) is 0 Å². The van der Waals surface area contributed by atoms with E-state index in [-0.39, 0.29) is 5.92 Å². The molecule has 1 unspecified atom stereocenters. The van der Waals surface area contributed by atoms with Crippen molar-refractivity contribution in [3.05, 3.63) is 119 Å². The zero-order valence-electron chi connectivity index (χ0n) is 16.8. The number of aliphatic hydroxyl groups is 1. The summed E-state index contributed by atoms with van der Waals surface area (Å²) < 4.78 is 0. The van der Waals surface area contributed by atoms with Crippen molar-refractivity contribution in [2.24, 2.45) is 0 Å². The van der Waals surface area contributed by atoms with Crippen LogP contribution in [0.15, 0.2) is 91.0 Å². The molecule has 1 heteroatoms. The van der Waals surface area contributed by atoms with E-state index < -0.39 is 5.60 Å². The van der Waals surface area contributed by atoms with Gasteiger partial charge in [-0.05, 0) is 64.1 Å². The minimum absolute atomic E-state index is 0.0969. The van der Waals surface area contributed by atoms with Gasteiger partial charge in [0.25, 0.3) is 0 Å². The van der Waals surface area contributed by atoms with Crippen LogP contribution in [-0.4, -0.2) is 5.11 Å². The monoisotopic (exact) mass is 376 g/mol. The first-order valence-corrected chi connectivity index (χ1v) is 10.1. The predicted octanol–water partition coefficient (Wildman–Crippen LogP) is 6.75. The molecule has 0 radical (unpaired) electrons. The van der Waals surface area contributed by atoms with Gasteiger partial charge in [0.15, 0.2) is 0 Å². The zero-order chi connectivity index (χ0) is 20.0. The highest BCUT2D eigenvalue weighted by molar-refractivity contribution is 5.96. The Kier molecular flexibility index (Phi) is 4.15. The fourth-order valence-corrected chi connectivity index (χ4v) is 4.75. The van der Waals surface area contributed by atoms with Gasteiger partial charge in [-0.15, -0.1) is 0 Å². The number of rotatable bonds is 3. The summed E-state index contributed by atoms with van der Waals surface area (Å²) in [5.74, 6) is 0.0969. The smallest absolute Gasteiger partial charge is 0.0849 e. The first kappa shape index (κ1) is 17.9. The Balaban J connectivity index is 1.82. The third-order valence-corrected chi connectivity index (χ3v) is 5.92. The van der Waals surface area contributed by atoms with Crippen LogP contribution in [-0.2, 0) is 5.60 Å². The molecular formula is C28H24O. The molecule has 1 N–H and O–H groups in total. The largest absolute Gasteiger partial charge is 0.386 e. The van der Waals surface area contributed by atoms with E-state index >= 15 is 0 Å².